The Morgan fingerprint density at radius 1 is 1.28 bits per heavy atom. The molecule has 25 heavy (non-hydrogen) atoms. The molecule has 1 spiro atoms. The fraction of sp³-hybridized carbons (Fsp3) is 0.632. The molecule has 138 valence electrons. The lowest BCUT2D eigenvalue weighted by atomic mass is 9.87. The summed E-state index contributed by atoms with van der Waals surface area (Å²) in [6, 6.07) is 7.37. The van der Waals surface area contributed by atoms with Crippen LogP contribution < -0.4 is 4.74 Å². The van der Waals surface area contributed by atoms with Crippen LogP contribution in [0.2, 0.25) is 0 Å². The highest BCUT2D eigenvalue weighted by molar-refractivity contribution is 5.94. The molecule has 1 unspecified atom stereocenters. The van der Waals surface area contributed by atoms with Crippen LogP contribution >= 0.6 is 0 Å². The van der Waals surface area contributed by atoms with E-state index in [1.54, 1.807) is 20.3 Å². The first kappa shape index (κ1) is 18.2. The molecule has 0 aromatic heterocycles. The summed E-state index contributed by atoms with van der Waals surface area (Å²) in [7, 11) is 3.35. The Labute approximate surface area is 149 Å². The number of rotatable bonds is 5. The molecular weight excluding hydrogens is 320 g/mol. The van der Waals surface area contributed by atoms with Gasteiger partial charge in [0, 0.05) is 44.3 Å². The van der Waals surface area contributed by atoms with Gasteiger partial charge in [-0.3, -0.25) is 4.79 Å². The van der Waals surface area contributed by atoms with Crippen molar-refractivity contribution in [1.82, 2.24) is 9.80 Å². The molecule has 2 aliphatic rings. The molecule has 0 bridgehead atoms. The maximum Gasteiger partial charge on any atom is 0.254 e. The summed E-state index contributed by atoms with van der Waals surface area (Å²) in [6.45, 7) is 6.36. The summed E-state index contributed by atoms with van der Waals surface area (Å²) in [5.41, 5.74) is 0.698. The largest absolute Gasteiger partial charge is 0.497 e. The number of benzene rings is 1. The number of carbonyl (C=O) groups excluding carboxylic acids is 1. The zero-order valence-electron chi connectivity index (χ0n) is 15.2. The Morgan fingerprint density at radius 3 is 2.96 bits per heavy atom. The van der Waals surface area contributed by atoms with Crippen molar-refractivity contribution in [3.8, 4) is 5.75 Å². The Balaban J connectivity index is 1.70. The van der Waals surface area contributed by atoms with Crippen molar-refractivity contribution in [1.29, 1.82) is 0 Å². The minimum atomic E-state index is 0.0266. The first-order valence-corrected chi connectivity index (χ1v) is 8.88. The third-order valence-electron chi connectivity index (χ3n) is 5.17. The summed E-state index contributed by atoms with van der Waals surface area (Å²) in [6.07, 6.45) is 1.05. The Hall–Kier alpha value is -1.63. The van der Waals surface area contributed by atoms with Gasteiger partial charge >= 0.3 is 0 Å². The average Bonchev–Trinajstić information content (AvgIpc) is 2.92. The standard InChI is InChI=1S/C19H28N2O4/c1-23-10-8-20-7-6-19(13-20)14-21(9-11-25-15-19)18(22)16-4-3-5-17(12-16)24-2/h3-5,12H,6-11,13-15H2,1-2H3. The first-order chi connectivity index (χ1) is 12.2. The molecule has 2 aliphatic heterocycles. The molecule has 0 N–H and O–H groups in total. The van der Waals surface area contributed by atoms with E-state index in [9.17, 15) is 4.79 Å². The zero-order chi connectivity index (χ0) is 17.7. The first-order valence-electron chi connectivity index (χ1n) is 8.88. The van der Waals surface area contributed by atoms with Gasteiger partial charge in [-0.25, -0.2) is 0 Å². The second-order valence-electron chi connectivity index (χ2n) is 7.03. The predicted octanol–water partition coefficient (Wildman–Crippen LogP) is 1.51. The Bertz CT molecular complexity index is 595. The average molecular weight is 348 g/mol. The molecule has 6 heteroatoms. The normalized spacial score (nSPS) is 24.5. The van der Waals surface area contributed by atoms with E-state index < -0.39 is 0 Å². The second-order valence-corrected chi connectivity index (χ2v) is 7.03. The molecule has 2 heterocycles. The second kappa shape index (κ2) is 8.17. The molecule has 0 saturated carbocycles. The minimum absolute atomic E-state index is 0.0266. The van der Waals surface area contributed by atoms with Crippen LogP contribution in [0.4, 0.5) is 0 Å². The lowest BCUT2D eigenvalue weighted by molar-refractivity contribution is 0.0629. The highest BCUT2D eigenvalue weighted by Gasteiger charge is 2.42. The number of hydrogen-bond donors (Lipinski definition) is 0. The molecule has 6 nitrogen and oxygen atoms in total. The number of nitrogens with zero attached hydrogens (tertiary/aromatic N) is 2. The maximum atomic E-state index is 13.0. The topological polar surface area (TPSA) is 51.2 Å². The van der Waals surface area contributed by atoms with Gasteiger partial charge in [-0.05, 0) is 31.2 Å². The van der Waals surface area contributed by atoms with E-state index in [0.29, 0.717) is 24.5 Å². The van der Waals surface area contributed by atoms with Gasteiger partial charge in [-0.2, -0.15) is 0 Å². The zero-order valence-corrected chi connectivity index (χ0v) is 15.2. The van der Waals surface area contributed by atoms with Crippen molar-refractivity contribution < 1.29 is 19.0 Å². The molecule has 1 amide bonds. The fourth-order valence-electron chi connectivity index (χ4n) is 3.79. The number of ether oxygens (including phenoxy) is 3. The van der Waals surface area contributed by atoms with E-state index >= 15 is 0 Å². The molecule has 1 atom stereocenters. The predicted molar refractivity (Wildman–Crippen MR) is 95.1 cm³/mol. The van der Waals surface area contributed by atoms with Gasteiger partial charge in [-0.15, -0.1) is 0 Å². The van der Waals surface area contributed by atoms with Crippen molar-refractivity contribution in [3.63, 3.8) is 0 Å². The van der Waals surface area contributed by atoms with Gasteiger partial charge in [0.05, 0.1) is 26.9 Å². The quantitative estimate of drug-likeness (QED) is 0.807. The smallest absolute Gasteiger partial charge is 0.254 e. The van der Waals surface area contributed by atoms with Crippen LogP contribution in [0.3, 0.4) is 0 Å². The van der Waals surface area contributed by atoms with Crippen molar-refractivity contribution in [2.75, 3.05) is 66.8 Å². The fourth-order valence-corrected chi connectivity index (χ4v) is 3.79. The van der Waals surface area contributed by atoms with Crippen LogP contribution in [0, 0.1) is 5.41 Å². The van der Waals surface area contributed by atoms with Gasteiger partial charge < -0.3 is 24.0 Å². The third-order valence-corrected chi connectivity index (χ3v) is 5.17. The highest BCUT2D eigenvalue weighted by atomic mass is 16.5. The van der Waals surface area contributed by atoms with Crippen LogP contribution in [-0.2, 0) is 9.47 Å². The molecular formula is C19H28N2O4. The number of amides is 1. The summed E-state index contributed by atoms with van der Waals surface area (Å²) >= 11 is 0. The number of likely N-dealkylation sites (tertiary alicyclic amines) is 1. The lowest BCUT2D eigenvalue weighted by Crippen LogP contribution is -2.43. The highest BCUT2D eigenvalue weighted by Crippen LogP contribution is 2.33. The molecule has 0 radical (unpaired) electrons. The monoisotopic (exact) mass is 348 g/mol. The van der Waals surface area contributed by atoms with Crippen LogP contribution in [-0.4, -0.2) is 82.5 Å². The van der Waals surface area contributed by atoms with Gasteiger partial charge in [0.1, 0.15) is 5.75 Å². The van der Waals surface area contributed by atoms with Crippen molar-refractivity contribution in [3.05, 3.63) is 29.8 Å². The SMILES string of the molecule is COCCN1CCC2(COCCN(C(=O)c3cccc(OC)c3)C2)C1. The van der Waals surface area contributed by atoms with Gasteiger partial charge in [0.25, 0.3) is 5.91 Å². The van der Waals surface area contributed by atoms with Crippen molar-refractivity contribution in [2.24, 2.45) is 5.41 Å². The third kappa shape index (κ3) is 4.32. The molecule has 1 aromatic rings. The molecule has 1 aromatic carbocycles. The van der Waals surface area contributed by atoms with E-state index in [1.807, 2.05) is 23.1 Å². The summed E-state index contributed by atoms with van der Waals surface area (Å²) < 4.78 is 16.3. The van der Waals surface area contributed by atoms with E-state index in [1.165, 1.54) is 0 Å². The molecule has 0 aliphatic carbocycles. The maximum absolute atomic E-state index is 13.0. The van der Waals surface area contributed by atoms with Crippen LogP contribution in [0.15, 0.2) is 24.3 Å². The van der Waals surface area contributed by atoms with Gasteiger partial charge in [0.2, 0.25) is 0 Å². The summed E-state index contributed by atoms with van der Waals surface area (Å²) in [5, 5.41) is 0. The number of methoxy groups -OCH3 is 2. The minimum Gasteiger partial charge on any atom is -0.497 e. The Kier molecular flexibility index (Phi) is 5.93. The van der Waals surface area contributed by atoms with Crippen LogP contribution in [0.1, 0.15) is 16.8 Å². The van der Waals surface area contributed by atoms with E-state index in [2.05, 4.69) is 4.90 Å². The van der Waals surface area contributed by atoms with Crippen LogP contribution in [0.25, 0.3) is 0 Å². The van der Waals surface area contributed by atoms with Crippen molar-refractivity contribution >= 4 is 5.91 Å². The number of hydrogen-bond acceptors (Lipinski definition) is 5. The van der Waals surface area contributed by atoms with Gasteiger partial charge in [0.15, 0.2) is 0 Å². The van der Waals surface area contributed by atoms with E-state index in [-0.39, 0.29) is 11.3 Å². The molecule has 2 fully saturated rings. The lowest BCUT2D eigenvalue weighted by Gasteiger charge is -2.32. The summed E-state index contributed by atoms with van der Waals surface area (Å²) in [4.78, 5) is 17.4. The van der Waals surface area contributed by atoms with Crippen molar-refractivity contribution in [2.45, 2.75) is 6.42 Å². The number of carbonyl (C=O) groups is 1. The Morgan fingerprint density at radius 2 is 2.16 bits per heavy atom. The van der Waals surface area contributed by atoms with E-state index in [4.69, 9.17) is 14.2 Å². The molecule has 2 saturated heterocycles. The van der Waals surface area contributed by atoms with Gasteiger partial charge in [-0.1, -0.05) is 6.07 Å². The molecule has 3 rings (SSSR count). The van der Waals surface area contributed by atoms with E-state index in [0.717, 1.165) is 45.8 Å². The van der Waals surface area contributed by atoms with Crippen LogP contribution in [0.5, 0.6) is 5.75 Å². The summed E-state index contributed by atoms with van der Waals surface area (Å²) in [5.74, 6) is 0.761.